The van der Waals surface area contributed by atoms with Gasteiger partial charge in [0.1, 0.15) is 5.82 Å². The van der Waals surface area contributed by atoms with Crippen LogP contribution in [0.2, 0.25) is 0 Å². The second-order valence-electron chi connectivity index (χ2n) is 4.25. The number of hydrogen-bond donors (Lipinski definition) is 1. The fourth-order valence-electron chi connectivity index (χ4n) is 1.96. The minimum Gasteiger partial charge on any atom is -0.388 e. The highest BCUT2D eigenvalue weighted by atomic mass is 79.9. The molecule has 1 N–H and O–H groups in total. The average molecular weight is 341 g/mol. The Hall–Kier alpha value is -1.24. The molecule has 19 heavy (non-hydrogen) atoms. The van der Waals surface area contributed by atoms with Gasteiger partial charge in [-0.25, -0.2) is 9.37 Å². The van der Waals surface area contributed by atoms with E-state index in [0.717, 1.165) is 10.7 Å². The maximum Gasteiger partial charge on any atom is 0.193 e. The first-order valence-corrected chi connectivity index (χ1v) is 7.34. The quantitative estimate of drug-likeness (QED) is 0.791. The van der Waals surface area contributed by atoms with Gasteiger partial charge in [0.2, 0.25) is 0 Å². The molecule has 0 bridgehead atoms. The molecule has 3 rings (SSSR count). The average Bonchev–Trinajstić information content (AvgIpc) is 2.88. The van der Waals surface area contributed by atoms with Crippen molar-refractivity contribution in [2.24, 2.45) is 0 Å². The van der Waals surface area contributed by atoms with Gasteiger partial charge in [0.25, 0.3) is 0 Å². The SMILES string of the molecule is OC(Cc1cn2ccsc2n1)c1cc(F)cc(Br)c1. The predicted molar refractivity (Wildman–Crippen MR) is 75.8 cm³/mol. The molecule has 1 atom stereocenters. The van der Waals surface area contributed by atoms with Crippen molar-refractivity contribution in [3.8, 4) is 0 Å². The Morgan fingerprint density at radius 3 is 3.00 bits per heavy atom. The summed E-state index contributed by atoms with van der Waals surface area (Å²) in [6.45, 7) is 0. The topological polar surface area (TPSA) is 37.5 Å². The molecule has 0 spiro atoms. The maximum absolute atomic E-state index is 13.3. The second-order valence-corrected chi connectivity index (χ2v) is 6.04. The zero-order valence-electron chi connectivity index (χ0n) is 9.75. The van der Waals surface area contributed by atoms with Gasteiger partial charge in [-0.2, -0.15) is 0 Å². The second kappa shape index (κ2) is 5.03. The van der Waals surface area contributed by atoms with E-state index in [1.165, 1.54) is 23.5 Å². The summed E-state index contributed by atoms with van der Waals surface area (Å²) in [4.78, 5) is 5.29. The molecule has 1 unspecified atom stereocenters. The number of thiazole rings is 1. The van der Waals surface area contributed by atoms with Crippen molar-refractivity contribution in [3.63, 3.8) is 0 Å². The van der Waals surface area contributed by atoms with E-state index in [4.69, 9.17) is 0 Å². The number of fused-ring (bicyclic) bond motifs is 1. The van der Waals surface area contributed by atoms with Crippen LogP contribution < -0.4 is 0 Å². The van der Waals surface area contributed by atoms with Crippen molar-refractivity contribution < 1.29 is 9.50 Å². The van der Waals surface area contributed by atoms with E-state index in [1.807, 2.05) is 22.2 Å². The van der Waals surface area contributed by atoms with Crippen LogP contribution in [0.5, 0.6) is 0 Å². The molecular formula is C13H10BrFN2OS. The Kier molecular flexibility index (Phi) is 3.38. The fourth-order valence-corrected chi connectivity index (χ4v) is 3.16. The fraction of sp³-hybridized carbons (Fsp3) is 0.154. The smallest absolute Gasteiger partial charge is 0.193 e. The normalized spacial score (nSPS) is 13.0. The molecule has 0 aliphatic carbocycles. The van der Waals surface area contributed by atoms with E-state index in [2.05, 4.69) is 20.9 Å². The van der Waals surface area contributed by atoms with Gasteiger partial charge in [-0.05, 0) is 23.8 Å². The van der Waals surface area contributed by atoms with Crippen molar-refractivity contribution >= 4 is 32.2 Å². The van der Waals surface area contributed by atoms with Crippen LogP contribution in [0.25, 0.3) is 4.96 Å². The van der Waals surface area contributed by atoms with Gasteiger partial charge in [0, 0.05) is 28.7 Å². The van der Waals surface area contributed by atoms with E-state index in [9.17, 15) is 9.50 Å². The van der Waals surface area contributed by atoms with Crippen LogP contribution >= 0.6 is 27.3 Å². The van der Waals surface area contributed by atoms with E-state index >= 15 is 0 Å². The summed E-state index contributed by atoms with van der Waals surface area (Å²) in [5, 5.41) is 12.1. The molecule has 0 amide bonds. The summed E-state index contributed by atoms with van der Waals surface area (Å²) in [5.41, 5.74) is 1.34. The maximum atomic E-state index is 13.3. The zero-order chi connectivity index (χ0) is 13.4. The lowest BCUT2D eigenvalue weighted by Gasteiger charge is -2.10. The predicted octanol–water partition coefficient (Wildman–Crippen LogP) is 3.57. The Balaban J connectivity index is 1.84. The monoisotopic (exact) mass is 340 g/mol. The van der Waals surface area contributed by atoms with Crippen LogP contribution in [0.15, 0.2) is 40.4 Å². The third-order valence-corrected chi connectivity index (χ3v) is 4.04. The first kappa shape index (κ1) is 12.8. The van der Waals surface area contributed by atoms with Gasteiger partial charge >= 0.3 is 0 Å². The van der Waals surface area contributed by atoms with E-state index in [0.29, 0.717) is 16.5 Å². The van der Waals surface area contributed by atoms with Crippen molar-refractivity contribution in [1.82, 2.24) is 9.38 Å². The lowest BCUT2D eigenvalue weighted by Crippen LogP contribution is -2.02. The first-order valence-electron chi connectivity index (χ1n) is 5.67. The third kappa shape index (κ3) is 2.70. The Morgan fingerprint density at radius 1 is 1.42 bits per heavy atom. The minimum atomic E-state index is -0.767. The number of rotatable bonds is 3. The van der Waals surface area contributed by atoms with E-state index in [1.54, 1.807) is 6.07 Å². The summed E-state index contributed by atoms with van der Waals surface area (Å²) in [6, 6.07) is 4.42. The molecule has 3 aromatic rings. The number of aliphatic hydroxyl groups is 1. The molecule has 0 aliphatic rings. The van der Waals surface area contributed by atoms with Gasteiger partial charge in [0.05, 0.1) is 11.8 Å². The van der Waals surface area contributed by atoms with Crippen LogP contribution in [0.1, 0.15) is 17.4 Å². The van der Waals surface area contributed by atoms with Gasteiger partial charge < -0.3 is 5.11 Å². The van der Waals surface area contributed by atoms with Gasteiger partial charge in [-0.1, -0.05) is 15.9 Å². The summed E-state index contributed by atoms with van der Waals surface area (Å²) >= 11 is 4.76. The van der Waals surface area contributed by atoms with Crippen LogP contribution in [0.3, 0.4) is 0 Å². The van der Waals surface area contributed by atoms with Crippen molar-refractivity contribution in [3.05, 3.63) is 57.5 Å². The molecule has 1 aromatic carbocycles. The standard InChI is InChI=1S/C13H10BrFN2OS/c14-9-3-8(4-10(15)5-9)12(18)6-11-7-17-1-2-19-13(17)16-11/h1-5,7,12,18H,6H2. The molecular weight excluding hydrogens is 331 g/mol. The molecule has 2 heterocycles. The number of aromatic nitrogens is 2. The molecule has 98 valence electrons. The Labute approximate surface area is 121 Å². The summed E-state index contributed by atoms with van der Waals surface area (Å²) < 4.78 is 15.8. The lowest BCUT2D eigenvalue weighted by atomic mass is 10.1. The number of hydrogen-bond acceptors (Lipinski definition) is 3. The van der Waals surface area contributed by atoms with Crippen molar-refractivity contribution in [1.29, 1.82) is 0 Å². The molecule has 0 saturated carbocycles. The molecule has 0 fully saturated rings. The molecule has 2 aromatic heterocycles. The van der Waals surface area contributed by atoms with Crippen molar-refractivity contribution in [2.75, 3.05) is 0 Å². The van der Waals surface area contributed by atoms with Crippen LogP contribution in [0.4, 0.5) is 4.39 Å². The number of imidazole rings is 1. The van der Waals surface area contributed by atoms with Gasteiger partial charge in [0.15, 0.2) is 4.96 Å². The molecule has 0 aliphatic heterocycles. The third-order valence-electron chi connectivity index (χ3n) is 2.82. The van der Waals surface area contributed by atoms with Crippen LogP contribution in [0, 0.1) is 5.82 Å². The van der Waals surface area contributed by atoms with Crippen molar-refractivity contribution in [2.45, 2.75) is 12.5 Å². The summed E-state index contributed by atoms with van der Waals surface area (Å²) in [7, 11) is 0. The highest BCUT2D eigenvalue weighted by molar-refractivity contribution is 9.10. The number of benzene rings is 1. The number of nitrogens with zero attached hydrogens (tertiary/aromatic N) is 2. The lowest BCUT2D eigenvalue weighted by molar-refractivity contribution is 0.177. The number of halogens is 2. The first-order chi connectivity index (χ1) is 9.11. The van der Waals surface area contributed by atoms with Gasteiger partial charge in [-0.15, -0.1) is 11.3 Å². The number of aliphatic hydroxyl groups excluding tert-OH is 1. The minimum absolute atomic E-state index is 0.365. The van der Waals surface area contributed by atoms with E-state index in [-0.39, 0.29) is 5.82 Å². The highest BCUT2D eigenvalue weighted by Crippen LogP contribution is 2.23. The largest absolute Gasteiger partial charge is 0.388 e. The van der Waals surface area contributed by atoms with E-state index < -0.39 is 6.10 Å². The molecule has 0 radical (unpaired) electrons. The molecule has 0 saturated heterocycles. The Morgan fingerprint density at radius 2 is 2.26 bits per heavy atom. The highest BCUT2D eigenvalue weighted by Gasteiger charge is 2.13. The van der Waals surface area contributed by atoms with Crippen LogP contribution in [-0.2, 0) is 6.42 Å². The summed E-state index contributed by atoms with van der Waals surface area (Å²) in [5.74, 6) is -0.366. The molecule has 3 nitrogen and oxygen atoms in total. The summed E-state index contributed by atoms with van der Waals surface area (Å²) in [6.07, 6.45) is 3.40. The Bertz CT molecular complexity index is 676. The molecule has 6 heteroatoms. The van der Waals surface area contributed by atoms with Crippen LogP contribution in [-0.4, -0.2) is 14.5 Å². The van der Waals surface area contributed by atoms with Gasteiger partial charge in [-0.3, -0.25) is 4.40 Å². The zero-order valence-corrected chi connectivity index (χ0v) is 12.2.